The summed E-state index contributed by atoms with van der Waals surface area (Å²) in [5, 5.41) is 8.89. The van der Waals surface area contributed by atoms with Gasteiger partial charge in [-0.3, -0.25) is 14.5 Å². The Balaban J connectivity index is 2.24. The van der Waals surface area contributed by atoms with Crippen molar-refractivity contribution in [3.05, 3.63) is 35.4 Å². The molecule has 0 saturated heterocycles. The number of hydrogen-bond donors (Lipinski definition) is 1. The molecule has 0 bridgehead atoms. The summed E-state index contributed by atoms with van der Waals surface area (Å²) in [6, 6.07) is 5.73. The minimum atomic E-state index is -4.87. The number of aliphatic hydroxyl groups is 1. The molecule has 1 aromatic rings. The topological polar surface area (TPSA) is 57.6 Å². The van der Waals surface area contributed by atoms with E-state index in [2.05, 4.69) is 0 Å². The van der Waals surface area contributed by atoms with Gasteiger partial charge in [0.25, 0.3) is 11.8 Å². The summed E-state index contributed by atoms with van der Waals surface area (Å²) in [5.41, 5.74) is 0.105. The average Bonchev–Trinajstić information content (AvgIpc) is 2.54. The minimum Gasteiger partial charge on any atom is -0.382 e. The van der Waals surface area contributed by atoms with Crippen molar-refractivity contribution < 1.29 is 27.9 Å². The van der Waals surface area contributed by atoms with E-state index in [4.69, 9.17) is 5.11 Å². The van der Waals surface area contributed by atoms with E-state index < -0.39 is 30.6 Å². The Morgan fingerprint density at radius 2 is 1.56 bits per heavy atom. The molecule has 0 radical (unpaired) electrons. The van der Waals surface area contributed by atoms with Crippen LogP contribution in [0.3, 0.4) is 0 Å². The molecular weight excluding hydrogens is 251 g/mol. The molecule has 4 nitrogen and oxygen atoms in total. The van der Waals surface area contributed by atoms with Crippen molar-refractivity contribution in [1.29, 1.82) is 0 Å². The van der Waals surface area contributed by atoms with Crippen LogP contribution in [0.15, 0.2) is 24.3 Å². The zero-order valence-electron chi connectivity index (χ0n) is 8.94. The van der Waals surface area contributed by atoms with Crippen LogP contribution >= 0.6 is 0 Å². The molecule has 1 unspecified atom stereocenters. The molecular formula is C11H8F3NO3. The second kappa shape index (κ2) is 4.09. The average molecular weight is 259 g/mol. The number of imide groups is 1. The van der Waals surface area contributed by atoms with Gasteiger partial charge in [0.2, 0.25) is 0 Å². The van der Waals surface area contributed by atoms with Crippen LogP contribution in [0.25, 0.3) is 0 Å². The molecule has 0 spiro atoms. The molecule has 1 aromatic carbocycles. The molecule has 96 valence electrons. The number of β-amino-alcohol motifs (C(OH)–C–C–N with tert-alkyl or cyclic N) is 1. The van der Waals surface area contributed by atoms with E-state index in [0.29, 0.717) is 4.90 Å². The zero-order chi connectivity index (χ0) is 13.5. The standard InChI is InChI=1S/C11H8F3NO3/c12-11(13,14)8(16)5-15-9(17)6-3-1-2-4-7(6)10(15)18/h1-4,8,16H,5H2. The maximum atomic E-state index is 12.2. The normalized spacial score (nSPS) is 17.0. The fourth-order valence-electron chi connectivity index (χ4n) is 1.68. The summed E-state index contributed by atoms with van der Waals surface area (Å²) in [7, 11) is 0. The first-order chi connectivity index (χ1) is 8.32. The van der Waals surface area contributed by atoms with E-state index in [1.165, 1.54) is 24.3 Å². The number of benzene rings is 1. The summed E-state index contributed by atoms with van der Waals surface area (Å²) in [5.74, 6) is -1.64. The van der Waals surface area contributed by atoms with Crippen molar-refractivity contribution in [2.75, 3.05) is 6.54 Å². The Bertz CT molecular complexity index is 478. The highest BCUT2D eigenvalue weighted by Gasteiger charge is 2.44. The SMILES string of the molecule is O=C1c2ccccc2C(=O)N1CC(O)C(F)(F)F. The van der Waals surface area contributed by atoms with Crippen LogP contribution < -0.4 is 0 Å². The highest BCUT2D eigenvalue weighted by atomic mass is 19.4. The number of alkyl halides is 3. The first kappa shape index (κ1) is 12.6. The first-order valence-electron chi connectivity index (χ1n) is 5.02. The summed E-state index contributed by atoms with van der Waals surface area (Å²) in [6.45, 7) is -1.09. The lowest BCUT2D eigenvalue weighted by molar-refractivity contribution is -0.204. The maximum Gasteiger partial charge on any atom is 0.416 e. The van der Waals surface area contributed by atoms with Crippen molar-refractivity contribution in [3.63, 3.8) is 0 Å². The van der Waals surface area contributed by atoms with Gasteiger partial charge in [0.05, 0.1) is 17.7 Å². The Hall–Kier alpha value is -1.89. The van der Waals surface area contributed by atoms with Crippen molar-refractivity contribution in [1.82, 2.24) is 4.90 Å². The van der Waals surface area contributed by atoms with Crippen LogP contribution in [0.4, 0.5) is 13.2 Å². The van der Waals surface area contributed by atoms with E-state index in [1.54, 1.807) is 0 Å². The number of fused-ring (bicyclic) bond motifs is 1. The third-order valence-corrected chi connectivity index (χ3v) is 2.61. The third-order valence-electron chi connectivity index (χ3n) is 2.61. The summed E-state index contributed by atoms with van der Waals surface area (Å²) in [6.07, 6.45) is -7.60. The van der Waals surface area contributed by atoms with Crippen molar-refractivity contribution in [2.45, 2.75) is 12.3 Å². The molecule has 1 atom stereocenters. The highest BCUT2D eigenvalue weighted by Crippen LogP contribution is 2.26. The lowest BCUT2D eigenvalue weighted by Gasteiger charge is -2.20. The lowest BCUT2D eigenvalue weighted by atomic mass is 10.1. The van der Waals surface area contributed by atoms with Crippen LogP contribution in [0.1, 0.15) is 20.7 Å². The van der Waals surface area contributed by atoms with Gasteiger partial charge in [0.15, 0.2) is 6.10 Å². The highest BCUT2D eigenvalue weighted by molar-refractivity contribution is 6.21. The molecule has 0 aromatic heterocycles. The van der Waals surface area contributed by atoms with Gasteiger partial charge in [-0.1, -0.05) is 12.1 Å². The maximum absolute atomic E-state index is 12.2. The number of amides is 2. The lowest BCUT2D eigenvalue weighted by Crippen LogP contribution is -2.43. The third kappa shape index (κ3) is 1.97. The van der Waals surface area contributed by atoms with Crippen molar-refractivity contribution in [3.8, 4) is 0 Å². The van der Waals surface area contributed by atoms with Gasteiger partial charge in [-0.2, -0.15) is 13.2 Å². The fraction of sp³-hybridized carbons (Fsp3) is 0.273. The number of rotatable bonds is 2. The van der Waals surface area contributed by atoms with Gasteiger partial charge in [-0.25, -0.2) is 0 Å². The van der Waals surface area contributed by atoms with Crippen LogP contribution in [0.5, 0.6) is 0 Å². The fourth-order valence-corrected chi connectivity index (χ4v) is 1.68. The Labute approximate surface area is 99.6 Å². The number of halogens is 3. The smallest absolute Gasteiger partial charge is 0.382 e. The molecule has 1 aliphatic heterocycles. The van der Waals surface area contributed by atoms with E-state index in [-0.39, 0.29) is 11.1 Å². The molecule has 1 N–H and O–H groups in total. The Morgan fingerprint density at radius 3 is 1.94 bits per heavy atom. The van der Waals surface area contributed by atoms with Gasteiger partial charge >= 0.3 is 6.18 Å². The number of carbonyl (C=O) groups excluding carboxylic acids is 2. The van der Waals surface area contributed by atoms with Gasteiger partial charge in [0.1, 0.15) is 0 Å². The van der Waals surface area contributed by atoms with Crippen LogP contribution in [0, 0.1) is 0 Å². The molecule has 0 saturated carbocycles. The largest absolute Gasteiger partial charge is 0.416 e. The van der Waals surface area contributed by atoms with Crippen LogP contribution in [-0.2, 0) is 0 Å². The Kier molecular flexibility index (Phi) is 2.86. The Morgan fingerprint density at radius 1 is 1.11 bits per heavy atom. The number of hydrogen-bond acceptors (Lipinski definition) is 3. The number of aliphatic hydroxyl groups excluding tert-OH is 1. The second-order valence-electron chi connectivity index (χ2n) is 3.82. The quantitative estimate of drug-likeness (QED) is 0.812. The number of carbonyl (C=O) groups is 2. The van der Waals surface area contributed by atoms with Crippen molar-refractivity contribution >= 4 is 11.8 Å². The van der Waals surface area contributed by atoms with Crippen molar-refractivity contribution in [2.24, 2.45) is 0 Å². The van der Waals surface area contributed by atoms with Gasteiger partial charge in [-0.05, 0) is 12.1 Å². The van der Waals surface area contributed by atoms with E-state index in [1.807, 2.05) is 0 Å². The molecule has 1 heterocycles. The summed E-state index contributed by atoms with van der Waals surface area (Å²) >= 11 is 0. The van der Waals surface area contributed by atoms with E-state index in [9.17, 15) is 22.8 Å². The van der Waals surface area contributed by atoms with Crippen LogP contribution in [0.2, 0.25) is 0 Å². The summed E-state index contributed by atoms with van der Waals surface area (Å²) in [4.78, 5) is 23.8. The zero-order valence-corrected chi connectivity index (χ0v) is 8.94. The van der Waals surface area contributed by atoms with E-state index in [0.717, 1.165) is 0 Å². The van der Waals surface area contributed by atoms with Crippen LogP contribution in [-0.4, -0.2) is 40.6 Å². The van der Waals surface area contributed by atoms with Gasteiger partial charge < -0.3 is 5.11 Å². The molecule has 7 heteroatoms. The second-order valence-corrected chi connectivity index (χ2v) is 3.82. The molecule has 1 aliphatic rings. The predicted octanol–water partition coefficient (Wildman–Crippen LogP) is 1.21. The van der Waals surface area contributed by atoms with E-state index >= 15 is 0 Å². The summed E-state index contributed by atoms with van der Waals surface area (Å²) < 4.78 is 36.6. The predicted molar refractivity (Wildman–Crippen MR) is 53.9 cm³/mol. The molecule has 2 amide bonds. The molecule has 2 rings (SSSR count). The molecule has 0 fully saturated rings. The molecule has 18 heavy (non-hydrogen) atoms. The number of nitrogens with zero attached hydrogens (tertiary/aromatic N) is 1. The minimum absolute atomic E-state index is 0.0527. The van der Waals surface area contributed by atoms with Gasteiger partial charge in [0, 0.05) is 0 Å². The first-order valence-corrected chi connectivity index (χ1v) is 5.02. The van der Waals surface area contributed by atoms with Gasteiger partial charge in [-0.15, -0.1) is 0 Å². The monoisotopic (exact) mass is 259 g/mol. The molecule has 0 aliphatic carbocycles.